The molecule has 148 valence electrons. The quantitative estimate of drug-likeness (QED) is 0.649. The minimum atomic E-state index is 0.0877. The molecule has 1 atom stereocenters. The zero-order valence-corrected chi connectivity index (χ0v) is 17.5. The summed E-state index contributed by atoms with van der Waals surface area (Å²) in [5.74, 6) is 1.82. The number of fused-ring (bicyclic) bond motifs is 3. The molecule has 1 aliphatic heterocycles. The number of rotatable bonds is 5. The van der Waals surface area contributed by atoms with Gasteiger partial charge < -0.3 is 19.8 Å². The van der Waals surface area contributed by atoms with Crippen LogP contribution in [0, 0.1) is 0 Å². The van der Waals surface area contributed by atoms with Crippen molar-refractivity contribution in [1.29, 1.82) is 0 Å². The van der Waals surface area contributed by atoms with Crippen molar-refractivity contribution >= 4 is 10.9 Å². The summed E-state index contributed by atoms with van der Waals surface area (Å²) in [6.07, 6.45) is 2.09. The van der Waals surface area contributed by atoms with Gasteiger partial charge in [0, 0.05) is 28.7 Å². The summed E-state index contributed by atoms with van der Waals surface area (Å²) >= 11 is 0. The molecule has 1 unspecified atom stereocenters. The molecule has 0 spiro atoms. The molecular weight excluding hydrogens is 348 g/mol. The standard InChI is InChI=1S/C24H30N2O2/c1-6-24(2,3)15-7-10-21(28-5)19(13-15)22-23-17(11-12-25-22)18-14-16(27-4)8-9-20(18)26-23/h7-10,13-14,22,25-26H,6,11-12H2,1-5H3. The first kappa shape index (κ1) is 18.9. The fourth-order valence-corrected chi connectivity index (χ4v) is 4.18. The van der Waals surface area contributed by atoms with Crippen LogP contribution in [0.3, 0.4) is 0 Å². The minimum absolute atomic E-state index is 0.0877. The van der Waals surface area contributed by atoms with Gasteiger partial charge in [0.2, 0.25) is 0 Å². The topological polar surface area (TPSA) is 46.3 Å². The van der Waals surface area contributed by atoms with Crippen LogP contribution in [0.5, 0.6) is 11.5 Å². The van der Waals surface area contributed by atoms with Crippen LogP contribution in [0.4, 0.5) is 0 Å². The van der Waals surface area contributed by atoms with E-state index in [0.717, 1.165) is 36.4 Å². The van der Waals surface area contributed by atoms with E-state index in [1.54, 1.807) is 14.2 Å². The lowest BCUT2D eigenvalue weighted by Gasteiger charge is -2.29. The molecule has 4 rings (SSSR count). The predicted octanol–water partition coefficient (Wildman–Crippen LogP) is 5.11. The maximum absolute atomic E-state index is 5.75. The Morgan fingerprint density at radius 3 is 2.61 bits per heavy atom. The van der Waals surface area contributed by atoms with E-state index >= 15 is 0 Å². The van der Waals surface area contributed by atoms with Gasteiger partial charge in [-0.15, -0.1) is 0 Å². The van der Waals surface area contributed by atoms with E-state index in [4.69, 9.17) is 9.47 Å². The molecule has 4 nitrogen and oxygen atoms in total. The van der Waals surface area contributed by atoms with Crippen LogP contribution >= 0.6 is 0 Å². The van der Waals surface area contributed by atoms with E-state index in [1.165, 1.54) is 27.8 Å². The number of methoxy groups -OCH3 is 2. The largest absolute Gasteiger partial charge is 0.497 e. The lowest BCUT2D eigenvalue weighted by Crippen LogP contribution is -2.31. The Bertz CT molecular complexity index is 1000. The number of ether oxygens (including phenoxy) is 2. The van der Waals surface area contributed by atoms with E-state index in [9.17, 15) is 0 Å². The van der Waals surface area contributed by atoms with Crippen LogP contribution in [-0.2, 0) is 11.8 Å². The van der Waals surface area contributed by atoms with Gasteiger partial charge >= 0.3 is 0 Å². The van der Waals surface area contributed by atoms with Crippen molar-refractivity contribution in [2.24, 2.45) is 0 Å². The summed E-state index contributed by atoms with van der Waals surface area (Å²) in [6, 6.07) is 13.0. The second-order valence-electron chi connectivity index (χ2n) is 8.26. The molecule has 0 amide bonds. The molecule has 1 aliphatic rings. The minimum Gasteiger partial charge on any atom is -0.497 e. The lowest BCUT2D eigenvalue weighted by molar-refractivity contribution is 0.400. The van der Waals surface area contributed by atoms with Crippen molar-refractivity contribution in [1.82, 2.24) is 10.3 Å². The van der Waals surface area contributed by atoms with Gasteiger partial charge in [0.05, 0.1) is 20.3 Å². The summed E-state index contributed by atoms with van der Waals surface area (Å²) in [6.45, 7) is 7.78. The average Bonchev–Trinajstić information content (AvgIpc) is 3.11. The number of hydrogen-bond donors (Lipinski definition) is 2. The summed E-state index contributed by atoms with van der Waals surface area (Å²) in [5, 5.41) is 4.96. The second-order valence-corrected chi connectivity index (χ2v) is 8.26. The number of aromatic amines is 1. The highest BCUT2D eigenvalue weighted by Crippen LogP contribution is 2.40. The highest BCUT2D eigenvalue weighted by atomic mass is 16.5. The first-order valence-corrected chi connectivity index (χ1v) is 10.1. The first-order chi connectivity index (χ1) is 13.5. The van der Waals surface area contributed by atoms with E-state index in [1.807, 2.05) is 6.07 Å². The lowest BCUT2D eigenvalue weighted by atomic mass is 9.80. The summed E-state index contributed by atoms with van der Waals surface area (Å²) in [4.78, 5) is 3.67. The molecule has 1 aromatic heterocycles. The molecule has 28 heavy (non-hydrogen) atoms. The fourth-order valence-electron chi connectivity index (χ4n) is 4.18. The monoisotopic (exact) mass is 378 g/mol. The molecule has 2 N–H and O–H groups in total. The smallest absolute Gasteiger partial charge is 0.124 e. The van der Waals surface area contributed by atoms with E-state index in [2.05, 4.69) is 61.4 Å². The highest BCUT2D eigenvalue weighted by Gasteiger charge is 2.29. The Morgan fingerprint density at radius 1 is 1.07 bits per heavy atom. The molecule has 3 aromatic rings. The van der Waals surface area contributed by atoms with Crippen LogP contribution in [-0.4, -0.2) is 25.7 Å². The number of hydrogen-bond acceptors (Lipinski definition) is 3. The van der Waals surface area contributed by atoms with Gasteiger partial charge in [-0.2, -0.15) is 0 Å². The molecule has 2 heterocycles. The number of nitrogens with one attached hydrogen (secondary N) is 2. The van der Waals surface area contributed by atoms with Crippen molar-refractivity contribution in [3.63, 3.8) is 0 Å². The third-order valence-corrected chi connectivity index (χ3v) is 6.36. The number of benzene rings is 2. The molecule has 2 aromatic carbocycles. The van der Waals surface area contributed by atoms with Crippen molar-refractivity contribution in [2.75, 3.05) is 20.8 Å². The highest BCUT2D eigenvalue weighted by molar-refractivity contribution is 5.86. The van der Waals surface area contributed by atoms with Gasteiger partial charge in [-0.25, -0.2) is 0 Å². The Morgan fingerprint density at radius 2 is 1.89 bits per heavy atom. The average molecular weight is 379 g/mol. The van der Waals surface area contributed by atoms with Crippen molar-refractivity contribution in [3.05, 3.63) is 58.8 Å². The predicted molar refractivity (Wildman–Crippen MR) is 115 cm³/mol. The Hall–Kier alpha value is -2.46. The second kappa shape index (κ2) is 7.17. The molecule has 0 bridgehead atoms. The Labute approximate surface area is 167 Å². The third kappa shape index (κ3) is 3.06. The van der Waals surface area contributed by atoms with Gasteiger partial charge in [0.15, 0.2) is 0 Å². The SMILES string of the molecule is CCC(C)(C)c1ccc(OC)c(C2NCCc3c2[nH]c2ccc(OC)cc32)c1. The normalized spacial score (nSPS) is 16.8. The van der Waals surface area contributed by atoms with Gasteiger partial charge in [-0.1, -0.05) is 26.8 Å². The van der Waals surface area contributed by atoms with Gasteiger partial charge in [-0.05, 0) is 59.7 Å². The van der Waals surface area contributed by atoms with Crippen molar-refractivity contribution in [2.45, 2.75) is 45.1 Å². The van der Waals surface area contributed by atoms with E-state index in [-0.39, 0.29) is 11.5 Å². The number of aromatic nitrogens is 1. The van der Waals surface area contributed by atoms with Gasteiger partial charge in [0.1, 0.15) is 11.5 Å². The summed E-state index contributed by atoms with van der Waals surface area (Å²) in [7, 11) is 3.47. The molecular formula is C24H30N2O2. The number of H-pyrrole nitrogens is 1. The van der Waals surface area contributed by atoms with Gasteiger partial charge in [-0.3, -0.25) is 0 Å². The zero-order valence-electron chi connectivity index (χ0n) is 17.5. The summed E-state index contributed by atoms with van der Waals surface area (Å²) in [5.41, 5.74) is 6.44. The maximum Gasteiger partial charge on any atom is 0.124 e. The summed E-state index contributed by atoms with van der Waals surface area (Å²) < 4.78 is 11.2. The molecule has 0 fully saturated rings. The van der Waals surface area contributed by atoms with Crippen LogP contribution < -0.4 is 14.8 Å². The molecule has 0 radical (unpaired) electrons. The Balaban J connectivity index is 1.87. The van der Waals surface area contributed by atoms with Crippen molar-refractivity contribution in [3.8, 4) is 11.5 Å². The van der Waals surface area contributed by atoms with E-state index < -0.39 is 0 Å². The van der Waals surface area contributed by atoms with E-state index in [0.29, 0.717) is 0 Å². The molecule has 0 aliphatic carbocycles. The fraction of sp³-hybridized carbons (Fsp3) is 0.417. The molecule has 0 saturated carbocycles. The maximum atomic E-state index is 5.75. The molecule has 4 heteroatoms. The van der Waals surface area contributed by atoms with Gasteiger partial charge in [0.25, 0.3) is 0 Å². The van der Waals surface area contributed by atoms with Crippen LogP contribution in [0.15, 0.2) is 36.4 Å². The van der Waals surface area contributed by atoms with Crippen LogP contribution in [0.25, 0.3) is 10.9 Å². The Kier molecular flexibility index (Phi) is 4.84. The zero-order chi connectivity index (χ0) is 19.9. The van der Waals surface area contributed by atoms with Crippen LogP contribution in [0.1, 0.15) is 55.6 Å². The third-order valence-electron chi connectivity index (χ3n) is 6.36. The van der Waals surface area contributed by atoms with Crippen LogP contribution in [0.2, 0.25) is 0 Å². The first-order valence-electron chi connectivity index (χ1n) is 10.1. The van der Waals surface area contributed by atoms with Crippen molar-refractivity contribution < 1.29 is 9.47 Å². The molecule has 0 saturated heterocycles.